The van der Waals surface area contributed by atoms with Crippen LogP contribution in [0.2, 0.25) is 0 Å². The largest absolute Gasteiger partial charge is 0.411 e. The van der Waals surface area contributed by atoms with Gasteiger partial charge in [0.1, 0.15) is 0 Å². The van der Waals surface area contributed by atoms with Gasteiger partial charge in [-0.15, -0.1) is 10.2 Å². The first-order chi connectivity index (χ1) is 10.2. The van der Waals surface area contributed by atoms with Crippen molar-refractivity contribution in [2.24, 2.45) is 0 Å². The molecule has 3 rings (SSSR count). The van der Waals surface area contributed by atoms with Crippen molar-refractivity contribution in [3.05, 3.63) is 64.6 Å². The predicted octanol–water partition coefficient (Wildman–Crippen LogP) is 4.43. The Kier molecular flexibility index (Phi) is 4.17. The maximum Gasteiger partial charge on any atom is 0.284 e. The fourth-order valence-corrected chi connectivity index (χ4v) is 2.55. The summed E-state index contributed by atoms with van der Waals surface area (Å²) in [6, 6.07) is 16.6. The summed E-state index contributed by atoms with van der Waals surface area (Å²) < 4.78 is 6.42. The SMILES string of the molecule is O=C(Sc1nnc(-c2ccccc2)o1)c1ccc(Br)cc1. The van der Waals surface area contributed by atoms with Crippen LogP contribution in [0.25, 0.3) is 11.5 Å². The van der Waals surface area contributed by atoms with E-state index in [4.69, 9.17) is 4.42 Å². The average molecular weight is 361 g/mol. The van der Waals surface area contributed by atoms with Gasteiger partial charge in [-0.05, 0) is 36.4 Å². The first kappa shape index (κ1) is 14.0. The molecule has 3 aromatic rings. The molecule has 0 fully saturated rings. The number of rotatable bonds is 3. The molecule has 0 saturated carbocycles. The Hall–Kier alpha value is -1.92. The van der Waals surface area contributed by atoms with Crippen molar-refractivity contribution in [3.8, 4) is 11.5 Å². The predicted molar refractivity (Wildman–Crippen MR) is 84.1 cm³/mol. The molecule has 0 aliphatic rings. The number of hydrogen-bond donors (Lipinski definition) is 0. The Morgan fingerprint density at radius 1 is 1.00 bits per heavy atom. The molecule has 1 aromatic heterocycles. The van der Waals surface area contributed by atoms with Crippen LogP contribution in [0.3, 0.4) is 0 Å². The highest BCUT2D eigenvalue weighted by Crippen LogP contribution is 2.26. The minimum absolute atomic E-state index is 0.134. The summed E-state index contributed by atoms with van der Waals surface area (Å²) in [6.07, 6.45) is 0. The summed E-state index contributed by atoms with van der Waals surface area (Å²) in [4.78, 5) is 12.1. The maximum absolute atomic E-state index is 12.1. The highest BCUT2D eigenvalue weighted by atomic mass is 79.9. The summed E-state index contributed by atoms with van der Waals surface area (Å²) in [5.41, 5.74) is 1.41. The Morgan fingerprint density at radius 2 is 1.71 bits per heavy atom. The number of nitrogens with zero attached hydrogens (tertiary/aromatic N) is 2. The molecular formula is C15H9BrN2O2S. The third-order valence-corrected chi connectivity index (χ3v) is 3.98. The molecule has 0 spiro atoms. The van der Waals surface area contributed by atoms with Gasteiger partial charge < -0.3 is 4.42 Å². The van der Waals surface area contributed by atoms with Crippen LogP contribution in [-0.2, 0) is 0 Å². The molecule has 0 radical (unpaired) electrons. The lowest BCUT2D eigenvalue weighted by Crippen LogP contribution is -1.92. The van der Waals surface area contributed by atoms with Crippen LogP contribution in [0.1, 0.15) is 10.4 Å². The number of carbonyl (C=O) groups excluding carboxylic acids is 1. The first-order valence-electron chi connectivity index (χ1n) is 6.09. The molecule has 21 heavy (non-hydrogen) atoms. The zero-order chi connectivity index (χ0) is 14.7. The van der Waals surface area contributed by atoms with Crippen LogP contribution in [0, 0.1) is 0 Å². The molecule has 0 atom stereocenters. The molecule has 0 unspecified atom stereocenters. The van der Waals surface area contributed by atoms with E-state index in [9.17, 15) is 4.79 Å². The number of thioether (sulfide) groups is 1. The van der Waals surface area contributed by atoms with Gasteiger partial charge in [0.25, 0.3) is 5.22 Å². The lowest BCUT2D eigenvalue weighted by Gasteiger charge is -1.97. The summed E-state index contributed by atoms with van der Waals surface area (Å²) >= 11 is 4.26. The molecule has 0 aliphatic heterocycles. The molecule has 1 heterocycles. The van der Waals surface area contributed by atoms with E-state index in [1.165, 1.54) is 0 Å². The Labute approximate surface area is 133 Å². The van der Waals surface area contributed by atoms with Crippen LogP contribution in [-0.4, -0.2) is 15.3 Å². The molecule has 0 saturated heterocycles. The van der Waals surface area contributed by atoms with Crippen molar-refractivity contribution in [2.45, 2.75) is 5.22 Å². The van der Waals surface area contributed by atoms with E-state index in [0.717, 1.165) is 21.8 Å². The Balaban J connectivity index is 1.75. The van der Waals surface area contributed by atoms with Crippen LogP contribution in [0.4, 0.5) is 0 Å². The van der Waals surface area contributed by atoms with E-state index in [1.54, 1.807) is 12.1 Å². The molecule has 4 nitrogen and oxygen atoms in total. The fraction of sp³-hybridized carbons (Fsp3) is 0. The van der Waals surface area contributed by atoms with Crippen molar-refractivity contribution < 1.29 is 9.21 Å². The lowest BCUT2D eigenvalue weighted by molar-refractivity contribution is 0.108. The monoisotopic (exact) mass is 360 g/mol. The zero-order valence-corrected chi connectivity index (χ0v) is 13.1. The third-order valence-electron chi connectivity index (χ3n) is 2.69. The molecule has 6 heteroatoms. The smallest absolute Gasteiger partial charge is 0.284 e. The minimum Gasteiger partial charge on any atom is -0.411 e. The third kappa shape index (κ3) is 3.40. The molecule has 104 valence electrons. The Morgan fingerprint density at radius 3 is 2.43 bits per heavy atom. The van der Waals surface area contributed by atoms with Gasteiger partial charge in [0, 0.05) is 27.4 Å². The second kappa shape index (κ2) is 6.24. The second-order valence-corrected chi connectivity index (χ2v) is 5.98. The van der Waals surface area contributed by atoms with Crippen molar-refractivity contribution in [2.75, 3.05) is 0 Å². The van der Waals surface area contributed by atoms with E-state index in [0.29, 0.717) is 11.5 Å². The number of aromatic nitrogens is 2. The average Bonchev–Trinajstić information content (AvgIpc) is 2.97. The van der Waals surface area contributed by atoms with E-state index in [2.05, 4.69) is 26.1 Å². The number of hydrogen-bond acceptors (Lipinski definition) is 5. The van der Waals surface area contributed by atoms with Gasteiger partial charge in [-0.2, -0.15) is 0 Å². The van der Waals surface area contributed by atoms with Gasteiger partial charge in [-0.25, -0.2) is 0 Å². The summed E-state index contributed by atoms with van der Waals surface area (Å²) in [5.74, 6) is 0.404. The standard InChI is InChI=1S/C15H9BrN2O2S/c16-12-8-6-11(7-9-12)14(19)21-15-18-17-13(20-15)10-4-2-1-3-5-10/h1-9H. The summed E-state index contributed by atoms with van der Waals surface area (Å²) in [5, 5.41) is 7.95. The maximum atomic E-state index is 12.1. The van der Waals surface area contributed by atoms with Crippen LogP contribution >= 0.6 is 27.7 Å². The Bertz CT molecular complexity index is 757. The van der Waals surface area contributed by atoms with Crippen LogP contribution < -0.4 is 0 Å². The first-order valence-corrected chi connectivity index (χ1v) is 7.70. The molecule has 0 aliphatic carbocycles. The summed E-state index contributed by atoms with van der Waals surface area (Å²) in [6.45, 7) is 0. The molecular weight excluding hydrogens is 352 g/mol. The van der Waals surface area contributed by atoms with Gasteiger partial charge in [-0.3, -0.25) is 4.79 Å². The normalized spacial score (nSPS) is 10.5. The van der Waals surface area contributed by atoms with Gasteiger partial charge in [0.15, 0.2) is 0 Å². The molecule has 0 bridgehead atoms. The van der Waals surface area contributed by atoms with E-state index in [-0.39, 0.29) is 10.3 Å². The van der Waals surface area contributed by atoms with Gasteiger partial charge in [0.2, 0.25) is 11.0 Å². The van der Waals surface area contributed by atoms with Crippen molar-refractivity contribution in [1.82, 2.24) is 10.2 Å². The molecule has 0 N–H and O–H groups in total. The van der Waals surface area contributed by atoms with E-state index in [1.807, 2.05) is 42.5 Å². The van der Waals surface area contributed by atoms with Crippen LogP contribution in [0.5, 0.6) is 0 Å². The highest BCUT2D eigenvalue weighted by molar-refractivity contribution is 9.10. The number of benzene rings is 2. The fourth-order valence-electron chi connectivity index (χ4n) is 1.67. The van der Waals surface area contributed by atoms with E-state index < -0.39 is 0 Å². The molecule has 2 aromatic carbocycles. The van der Waals surface area contributed by atoms with E-state index >= 15 is 0 Å². The number of carbonyl (C=O) groups is 1. The molecule has 0 amide bonds. The second-order valence-electron chi connectivity index (χ2n) is 4.14. The van der Waals surface area contributed by atoms with Crippen molar-refractivity contribution in [3.63, 3.8) is 0 Å². The highest BCUT2D eigenvalue weighted by Gasteiger charge is 2.14. The van der Waals surface area contributed by atoms with Crippen LogP contribution in [0.15, 0.2) is 68.7 Å². The van der Waals surface area contributed by atoms with Gasteiger partial charge in [0.05, 0.1) is 0 Å². The zero-order valence-electron chi connectivity index (χ0n) is 10.7. The number of halogens is 1. The quantitative estimate of drug-likeness (QED) is 0.646. The summed E-state index contributed by atoms with van der Waals surface area (Å²) in [7, 11) is 0. The van der Waals surface area contributed by atoms with Gasteiger partial charge >= 0.3 is 0 Å². The minimum atomic E-state index is -0.134. The topological polar surface area (TPSA) is 56.0 Å². The van der Waals surface area contributed by atoms with Crippen molar-refractivity contribution in [1.29, 1.82) is 0 Å². The van der Waals surface area contributed by atoms with Crippen molar-refractivity contribution >= 4 is 32.8 Å². The lowest BCUT2D eigenvalue weighted by atomic mass is 10.2. The van der Waals surface area contributed by atoms with Gasteiger partial charge in [-0.1, -0.05) is 34.1 Å².